The van der Waals surface area contributed by atoms with Gasteiger partial charge < -0.3 is 0 Å². The third-order valence-corrected chi connectivity index (χ3v) is 5.65. The maximum Gasteiger partial charge on any atom is 0.278 e. The first kappa shape index (κ1) is 17.8. The average Bonchev–Trinajstić information content (AvgIpc) is 2.44. The fourth-order valence-electron chi connectivity index (χ4n) is 1.48. The SMILES string of the molecule is O=S(=O)(N/N=C/c1ccc(I)cc1)c1cc(Cl)c(Cl)cc1Cl. The summed E-state index contributed by atoms with van der Waals surface area (Å²) in [6, 6.07) is 9.83. The number of nitrogens with zero attached hydrogens (tertiary/aromatic N) is 1. The summed E-state index contributed by atoms with van der Waals surface area (Å²) >= 11 is 19.6. The van der Waals surface area contributed by atoms with Crippen molar-refractivity contribution in [3.63, 3.8) is 0 Å². The summed E-state index contributed by atoms with van der Waals surface area (Å²) in [6.07, 6.45) is 1.39. The highest BCUT2D eigenvalue weighted by molar-refractivity contribution is 14.1. The molecule has 0 saturated carbocycles. The molecule has 22 heavy (non-hydrogen) atoms. The van der Waals surface area contributed by atoms with Gasteiger partial charge in [-0.3, -0.25) is 0 Å². The van der Waals surface area contributed by atoms with Crippen molar-refractivity contribution >= 4 is 73.6 Å². The normalized spacial score (nSPS) is 11.8. The van der Waals surface area contributed by atoms with Crippen LogP contribution in [0.2, 0.25) is 15.1 Å². The average molecular weight is 490 g/mol. The number of sulfonamides is 1. The van der Waals surface area contributed by atoms with Crippen LogP contribution in [-0.2, 0) is 10.0 Å². The highest BCUT2D eigenvalue weighted by atomic mass is 127. The molecular formula is C13H8Cl3IN2O2S. The molecule has 0 spiro atoms. The van der Waals surface area contributed by atoms with Crippen LogP contribution >= 0.6 is 57.4 Å². The highest BCUT2D eigenvalue weighted by Crippen LogP contribution is 2.31. The molecule has 9 heteroatoms. The molecular weight excluding hydrogens is 481 g/mol. The molecule has 116 valence electrons. The lowest BCUT2D eigenvalue weighted by molar-refractivity contribution is 0.585. The van der Waals surface area contributed by atoms with Gasteiger partial charge in [0.1, 0.15) is 4.90 Å². The zero-order chi connectivity index (χ0) is 16.3. The largest absolute Gasteiger partial charge is 0.278 e. The second-order valence-corrected chi connectivity index (χ2v) is 8.20. The molecule has 0 saturated heterocycles. The van der Waals surface area contributed by atoms with Crippen LogP contribution in [-0.4, -0.2) is 14.6 Å². The van der Waals surface area contributed by atoms with Crippen LogP contribution in [0.1, 0.15) is 5.56 Å². The number of hydrogen-bond donors (Lipinski definition) is 1. The van der Waals surface area contributed by atoms with Crippen LogP contribution in [0.15, 0.2) is 46.4 Å². The summed E-state index contributed by atoms with van der Waals surface area (Å²) < 4.78 is 25.4. The summed E-state index contributed by atoms with van der Waals surface area (Å²) in [5.41, 5.74) is 0.753. The Morgan fingerprint density at radius 3 is 2.23 bits per heavy atom. The molecule has 0 bridgehead atoms. The van der Waals surface area contributed by atoms with E-state index < -0.39 is 10.0 Å². The van der Waals surface area contributed by atoms with Crippen molar-refractivity contribution in [3.8, 4) is 0 Å². The summed E-state index contributed by atoms with van der Waals surface area (Å²) in [6.45, 7) is 0. The summed E-state index contributed by atoms with van der Waals surface area (Å²) in [7, 11) is -3.93. The van der Waals surface area contributed by atoms with Gasteiger partial charge in [0.2, 0.25) is 0 Å². The van der Waals surface area contributed by atoms with E-state index in [0.717, 1.165) is 9.13 Å². The lowest BCUT2D eigenvalue weighted by Gasteiger charge is -2.07. The van der Waals surface area contributed by atoms with E-state index in [2.05, 4.69) is 32.5 Å². The molecule has 0 aliphatic rings. The molecule has 0 fully saturated rings. The van der Waals surface area contributed by atoms with Crippen molar-refractivity contribution in [1.82, 2.24) is 4.83 Å². The maximum atomic E-state index is 12.1. The second kappa shape index (κ2) is 7.35. The van der Waals surface area contributed by atoms with Gasteiger partial charge in [0.25, 0.3) is 10.0 Å². The van der Waals surface area contributed by atoms with Crippen LogP contribution in [0.5, 0.6) is 0 Å². The van der Waals surface area contributed by atoms with Crippen LogP contribution in [0.4, 0.5) is 0 Å². The predicted molar refractivity (Wildman–Crippen MR) is 98.5 cm³/mol. The Bertz CT molecular complexity index is 824. The Kier molecular flexibility index (Phi) is 5.95. The minimum atomic E-state index is -3.93. The maximum absolute atomic E-state index is 12.1. The van der Waals surface area contributed by atoms with Crippen LogP contribution < -0.4 is 4.83 Å². The minimum absolute atomic E-state index is 0.0358. The summed E-state index contributed by atoms with van der Waals surface area (Å²) in [5.74, 6) is 0. The van der Waals surface area contributed by atoms with Crippen molar-refractivity contribution in [2.24, 2.45) is 5.10 Å². The molecule has 1 N–H and O–H groups in total. The Morgan fingerprint density at radius 1 is 1.00 bits per heavy atom. The van der Waals surface area contributed by atoms with E-state index in [1.807, 2.05) is 24.3 Å². The van der Waals surface area contributed by atoms with E-state index in [9.17, 15) is 8.42 Å². The van der Waals surface area contributed by atoms with Gasteiger partial charge in [-0.1, -0.05) is 46.9 Å². The van der Waals surface area contributed by atoms with E-state index in [1.54, 1.807) is 0 Å². The Balaban J connectivity index is 2.21. The van der Waals surface area contributed by atoms with Gasteiger partial charge in [0.05, 0.1) is 21.3 Å². The zero-order valence-electron chi connectivity index (χ0n) is 10.7. The monoisotopic (exact) mass is 488 g/mol. The zero-order valence-corrected chi connectivity index (χ0v) is 16.0. The molecule has 4 nitrogen and oxygen atoms in total. The first-order chi connectivity index (χ1) is 10.3. The Labute approximate surface area is 156 Å². The number of hydrogen-bond acceptors (Lipinski definition) is 3. The topological polar surface area (TPSA) is 58.5 Å². The molecule has 0 aromatic heterocycles. The lowest BCUT2D eigenvalue weighted by atomic mass is 10.2. The molecule has 0 atom stereocenters. The van der Waals surface area contributed by atoms with Gasteiger partial charge in [-0.05, 0) is 52.4 Å². The summed E-state index contributed by atoms with van der Waals surface area (Å²) in [4.78, 5) is 1.89. The van der Waals surface area contributed by atoms with Crippen LogP contribution in [0, 0.1) is 3.57 Å². The van der Waals surface area contributed by atoms with Gasteiger partial charge in [-0.15, -0.1) is 0 Å². The van der Waals surface area contributed by atoms with Gasteiger partial charge in [-0.25, -0.2) is 4.83 Å². The van der Waals surface area contributed by atoms with E-state index >= 15 is 0 Å². The fraction of sp³-hybridized carbons (Fsp3) is 0. The van der Waals surface area contributed by atoms with E-state index in [1.165, 1.54) is 18.3 Å². The van der Waals surface area contributed by atoms with Crippen molar-refractivity contribution < 1.29 is 8.42 Å². The lowest BCUT2D eigenvalue weighted by Crippen LogP contribution is -2.18. The van der Waals surface area contributed by atoms with E-state index in [0.29, 0.717) is 0 Å². The third kappa shape index (κ3) is 4.48. The standard InChI is InChI=1S/C13H8Cl3IN2O2S/c14-10-5-12(16)13(6-11(10)15)22(20,21)19-18-7-8-1-3-9(17)4-2-8/h1-7,19H/b18-7+. The molecule has 2 aromatic rings. The van der Waals surface area contributed by atoms with E-state index in [4.69, 9.17) is 34.8 Å². The fourth-order valence-corrected chi connectivity index (χ4v) is 3.63. The van der Waals surface area contributed by atoms with Crippen molar-refractivity contribution in [2.45, 2.75) is 4.90 Å². The number of hydrazone groups is 1. The number of halogens is 4. The molecule has 0 unspecified atom stereocenters. The van der Waals surface area contributed by atoms with Crippen LogP contribution in [0.3, 0.4) is 0 Å². The van der Waals surface area contributed by atoms with Gasteiger partial charge in [0, 0.05) is 3.57 Å². The van der Waals surface area contributed by atoms with Gasteiger partial charge in [-0.2, -0.15) is 13.5 Å². The van der Waals surface area contributed by atoms with Gasteiger partial charge >= 0.3 is 0 Å². The van der Waals surface area contributed by atoms with Crippen molar-refractivity contribution in [3.05, 3.63) is 60.6 Å². The summed E-state index contributed by atoms with van der Waals surface area (Å²) in [5, 5.41) is 3.94. The quantitative estimate of drug-likeness (QED) is 0.296. The Morgan fingerprint density at radius 2 is 1.59 bits per heavy atom. The van der Waals surface area contributed by atoms with Crippen molar-refractivity contribution in [2.75, 3.05) is 0 Å². The first-order valence-electron chi connectivity index (χ1n) is 5.74. The first-order valence-corrected chi connectivity index (χ1v) is 9.44. The highest BCUT2D eigenvalue weighted by Gasteiger charge is 2.19. The molecule has 2 rings (SSSR count). The second-order valence-electron chi connectivity index (χ2n) is 4.10. The predicted octanol–water partition coefficient (Wildman–Crippen LogP) is 4.56. The van der Waals surface area contributed by atoms with Crippen LogP contribution in [0.25, 0.3) is 0 Å². The van der Waals surface area contributed by atoms with Gasteiger partial charge in [0.15, 0.2) is 0 Å². The molecule has 0 aliphatic heterocycles. The number of benzene rings is 2. The molecule has 2 aromatic carbocycles. The minimum Gasteiger partial charge on any atom is -0.200 e. The molecule has 0 heterocycles. The Hall–Kier alpha value is -0.540. The molecule has 0 amide bonds. The smallest absolute Gasteiger partial charge is 0.200 e. The molecule has 0 radical (unpaired) electrons. The van der Waals surface area contributed by atoms with E-state index in [-0.39, 0.29) is 20.0 Å². The van der Waals surface area contributed by atoms with Crippen molar-refractivity contribution in [1.29, 1.82) is 0 Å². The number of rotatable bonds is 4. The third-order valence-electron chi connectivity index (χ3n) is 2.52. The molecule has 0 aliphatic carbocycles. The number of nitrogens with one attached hydrogen (secondary N) is 1.